The number of rotatable bonds is 5. The second-order valence-corrected chi connectivity index (χ2v) is 5.72. The van der Waals surface area contributed by atoms with E-state index in [2.05, 4.69) is 5.32 Å². The van der Waals surface area contributed by atoms with Crippen LogP contribution in [0.3, 0.4) is 0 Å². The van der Waals surface area contributed by atoms with Crippen LogP contribution in [0.5, 0.6) is 5.75 Å². The molecule has 4 N–H and O–H groups in total. The Morgan fingerprint density at radius 2 is 2.00 bits per heavy atom. The zero-order valence-corrected chi connectivity index (χ0v) is 12.4. The number of amides is 1. The van der Waals surface area contributed by atoms with E-state index in [-0.39, 0.29) is 17.7 Å². The summed E-state index contributed by atoms with van der Waals surface area (Å²) in [6.07, 6.45) is 2.43. The summed E-state index contributed by atoms with van der Waals surface area (Å²) >= 11 is 0. The third kappa shape index (κ3) is 4.72. The molecular formula is C16H24N2O3. The predicted octanol–water partition coefficient (Wildman–Crippen LogP) is 1.19. The molecule has 0 saturated carbocycles. The summed E-state index contributed by atoms with van der Waals surface area (Å²) in [5, 5.41) is 12.3. The molecule has 2 atom stereocenters. The van der Waals surface area contributed by atoms with E-state index in [1.54, 1.807) is 24.3 Å². The fourth-order valence-corrected chi connectivity index (χ4v) is 2.64. The van der Waals surface area contributed by atoms with Crippen LogP contribution in [0.4, 0.5) is 0 Å². The van der Waals surface area contributed by atoms with Gasteiger partial charge in [0.05, 0.1) is 6.04 Å². The summed E-state index contributed by atoms with van der Waals surface area (Å²) in [5.74, 6) is 0.551. The Labute approximate surface area is 125 Å². The van der Waals surface area contributed by atoms with Crippen LogP contribution in [0.25, 0.3) is 0 Å². The standard InChI is InChI=1S/C16H24N2O3/c1-11(13-6-8-21-9-7-13)18-16(20)15(17)10-12-2-4-14(19)5-3-12/h2-5,11,13,15,19H,6-10,17H2,1H3,(H,18,20)/t11?,15-/m0/s1. The first-order valence-corrected chi connectivity index (χ1v) is 7.48. The topological polar surface area (TPSA) is 84.6 Å². The van der Waals surface area contributed by atoms with Gasteiger partial charge in [0, 0.05) is 19.3 Å². The molecule has 5 nitrogen and oxygen atoms in total. The summed E-state index contributed by atoms with van der Waals surface area (Å²) in [6.45, 7) is 3.57. The SMILES string of the molecule is CC(NC(=O)[C@@H](N)Cc1ccc(O)cc1)C1CCOCC1. The maximum absolute atomic E-state index is 12.2. The molecule has 0 bridgehead atoms. The number of hydrogen-bond acceptors (Lipinski definition) is 4. The number of hydrogen-bond donors (Lipinski definition) is 3. The minimum Gasteiger partial charge on any atom is -0.508 e. The molecule has 1 aliphatic rings. The monoisotopic (exact) mass is 292 g/mol. The average molecular weight is 292 g/mol. The number of carbonyl (C=O) groups excluding carboxylic acids is 1. The molecule has 1 heterocycles. The Bertz CT molecular complexity index is 455. The number of nitrogens with two attached hydrogens (primary N) is 1. The Balaban J connectivity index is 1.82. The van der Waals surface area contributed by atoms with E-state index in [0.29, 0.717) is 12.3 Å². The van der Waals surface area contributed by atoms with Crippen molar-refractivity contribution in [1.29, 1.82) is 0 Å². The van der Waals surface area contributed by atoms with Crippen LogP contribution in [-0.2, 0) is 16.0 Å². The first-order chi connectivity index (χ1) is 10.1. The van der Waals surface area contributed by atoms with E-state index < -0.39 is 6.04 Å². The Kier molecular flexibility index (Phi) is 5.59. The quantitative estimate of drug-likeness (QED) is 0.761. The van der Waals surface area contributed by atoms with Crippen molar-refractivity contribution < 1.29 is 14.6 Å². The zero-order valence-electron chi connectivity index (χ0n) is 12.4. The maximum Gasteiger partial charge on any atom is 0.237 e. The summed E-state index contributed by atoms with van der Waals surface area (Å²) < 4.78 is 5.33. The zero-order chi connectivity index (χ0) is 15.2. The predicted molar refractivity (Wildman–Crippen MR) is 80.9 cm³/mol. The van der Waals surface area contributed by atoms with Gasteiger partial charge in [0.25, 0.3) is 0 Å². The molecule has 1 unspecified atom stereocenters. The molecule has 21 heavy (non-hydrogen) atoms. The molecule has 1 aromatic carbocycles. The van der Waals surface area contributed by atoms with E-state index in [1.165, 1.54) is 0 Å². The summed E-state index contributed by atoms with van der Waals surface area (Å²) in [6, 6.07) is 6.31. The van der Waals surface area contributed by atoms with Crippen molar-refractivity contribution in [1.82, 2.24) is 5.32 Å². The minimum absolute atomic E-state index is 0.118. The summed E-state index contributed by atoms with van der Waals surface area (Å²) in [5.41, 5.74) is 6.90. The van der Waals surface area contributed by atoms with Gasteiger partial charge in [-0.3, -0.25) is 4.79 Å². The van der Waals surface area contributed by atoms with E-state index >= 15 is 0 Å². The van der Waals surface area contributed by atoms with Gasteiger partial charge >= 0.3 is 0 Å². The second kappa shape index (κ2) is 7.43. The van der Waals surface area contributed by atoms with Crippen molar-refractivity contribution in [3.8, 4) is 5.75 Å². The largest absolute Gasteiger partial charge is 0.508 e. The molecule has 1 amide bonds. The van der Waals surface area contributed by atoms with Crippen LogP contribution < -0.4 is 11.1 Å². The van der Waals surface area contributed by atoms with Crippen molar-refractivity contribution in [2.24, 2.45) is 11.7 Å². The van der Waals surface area contributed by atoms with Gasteiger partial charge in [0.2, 0.25) is 5.91 Å². The third-order valence-electron chi connectivity index (χ3n) is 4.07. The van der Waals surface area contributed by atoms with E-state index in [0.717, 1.165) is 31.6 Å². The molecule has 1 aliphatic heterocycles. The van der Waals surface area contributed by atoms with Crippen LogP contribution in [-0.4, -0.2) is 36.3 Å². The molecule has 0 radical (unpaired) electrons. The smallest absolute Gasteiger partial charge is 0.237 e. The number of ether oxygens (including phenoxy) is 1. The molecule has 1 fully saturated rings. The van der Waals surface area contributed by atoms with Gasteiger partial charge < -0.3 is 20.9 Å². The normalized spacial score (nSPS) is 19.0. The van der Waals surface area contributed by atoms with E-state index in [1.807, 2.05) is 6.92 Å². The number of aromatic hydroxyl groups is 1. The van der Waals surface area contributed by atoms with Gasteiger partial charge in [-0.2, -0.15) is 0 Å². The van der Waals surface area contributed by atoms with Crippen molar-refractivity contribution in [2.45, 2.75) is 38.3 Å². The van der Waals surface area contributed by atoms with Crippen molar-refractivity contribution in [3.63, 3.8) is 0 Å². The highest BCUT2D eigenvalue weighted by molar-refractivity contribution is 5.82. The van der Waals surface area contributed by atoms with Crippen LogP contribution in [0.15, 0.2) is 24.3 Å². The third-order valence-corrected chi connectivity index (χ3v) is 4.07. The molecule has 1 aromatic rings. The summed E-state index contributed by atoms with van der Waals surface area (Å²) in [7, 11) is 0. The molecule has 2 rings (SSSR count). The number of carbonyl (C=O) groups is 1. The van der Waals surface area contributed by atoms with E-state index in [4.69, 9.17) is 10.5 Å². The maximum atomic E-state index is 12.2. The molecule has 116 valence electrons. The van der Waals surface area contributed by atoms with Crippen LogP contribution in [0, 0.1) is 5.92 Å². The van der Waals surface area contributed by atoms with Crippen molar-refractivity contribution >= 4 is 5.91 Å². The lowest BCUT2D eigenvalue weighted by Gasteiger charge is -2.29. The van der Waals surface area contributed by atoms with Crippen molar-refractivity contribution in [3.05, 3.63) is 29.8 Å². The first kappa shape index (κ1) is 15.8. The molecule has 0 aromatic heterocycles. The van der Waals surface area contributed by atoms with Gasteiger partial charge in [-0.25, -0.2) is 0 Å². The van der Waals surface area contributed by atoms with Crippen LogP contribution in [0.2, 0.25) is 0 Å². The molecule has 5 heteroatoms. The van der Waals surface area contributed by atoms with Gasteiger partial charge in [0.15, 0.2) is 0 Å². The minimum atomic E-state index is -0.572. The van der Waals surface area contributed by atoms with E-state index in [9.17, 15) is 9.90 Å². The Hall–Kier alpha value is -1.59. The van der Waals surface area contributed by atoms with Gasteiger partial charge in [-0.05, 0) is 49.8 Å². The molecule has 0 spiro atoms. The lowest BCUT2D eigenvalue weighted by Crippen LogP contribution is -2.48. The molecule has 0 aliphatic carbocycles. The van der Waals surface area contributed by atoms with Crippen molar-refractivity contribution in [2.75, 3.05) is 13.2 Å². The highest BCUT2D eigenvalue weighted by Crippen LogP contribution is 2.18. The number of benzene rings is 1. The molecule has 1 saturated heterocycles. The number of phenols is 1. The Morgan fingerprint density at radius 1 is 1.38 bits per heavy atom. The average Bonchev–Trinajstić information content (AvgIpc) is 2.50. The lowest BCUT2D eigenvalue weighted by atomic mass is 9.92. The highest BCUT2D eigenvalue weighted by Gasteiger charge is 2.23. The Morgan fingerprint density at radius 3 is 2.62 bits per heavy atom. The molecular weight excluding hydrogens is 268 g/mol. The summed E-state index contributed by atoms with van der Waals surface area (Å²) in [4.78, 5) is 12.2. The second-order valence-electron chi connectivity index (χ2n) is 5.72. The van der Waals surface area contributed by atoms with Crippen LogP contribution >= 0.6 is 0 Å². The first-order valence-electron chi connectivity index (χ1n) is 7.48. The highest BCUT2D eigenvalue weighted by atomic mass is 16.5. The number of phenolic OH excluding ortho intramolecular Hbond substituents is 1. The fraction of sp³-hybridized carbons (Fsp3) is 0.562. The van der Waals surface area contributed by atoms with Gasteiger partial charge in [-0.1, -0.05) is 12.1 Å². The number of nitrogens with one attached hydrogen (secondary N) is 1. The lowest BCUT2D eigenvalue weighted by molar-refractivity contribution is -0.123. The fourth-order valence-electron chi connectivity index (χ4n) is 2.64. The van der Waals surface area contributed by atoms with Gasteiger partial charge in [0.1, 0.15) is 5.75 Å². The van der Waals surface area contributed by atoms with Gasteiger partial charge in [-0.15, -0.1) is 0 Å². The van der Waals surface area contributed by atoms with Crippen LogP contribution in [0.1, 0.15) is 25.3 Å².